The lowest BCUT2D eigenvalue weighted by molar-refractivity contribution is -0.140. The first-order valence-electron chi connectivity index (χ1n) is 14.8. The summed E-state index contributed by atoms with van der Waals surface area (Å²) in [4.78, 5) is 29.6. The third-order valence-corrected chi connectivity index (χ3v) is 9.10. The largest absolute Gasteiger partial charge is 0.495 e. The van der Waals surface area contributed by atoms with Crippen molar-refractivity contribution in [2.45, 2.75) is 43.7 Å². The maximum Gasteiger partial charge on any atom is 0.264 e. The van der Waals surface area contributed by atoms with Gasteiger partial charge in [0.15, 0.2) is 0 Å². The standard InChI is InChI=1S/C35H38FN3O5S/c1-3-4-23-37-35(41)32(24-27-13-7-5-8-14-27)38(25-28-19-21-29(36)22-20-28)34(40)26-39(31-17-11-12-18-33(31)44-2)45(42,43)30-15-9-6-10-16-30/h5-22,32H,3-4,23-26H2,1-2H3,(H,37,41)/t32-/m0/s1. The fourth-order valence-electron chi connectivity index (χ4n) is 4.92. The van der Waals surface area contributed by atoms with E-state index < -0.39 is 34.3 Å². The molecule has 0 aliphatic rings. The van der Waals surface area contributed by atoms with E-state index >= 15 is 0 Å². The van der Waals surface area contributed by atoms with Gasteiger partial charge in [-0.15, -0.1) is 0 Å². The Morgan fingerprint density at radius 1 is 0.844 bits per heavy atom. The van der Waals surface area contributed by atoms with Crippen LogP contribution in [0.25, 0.3) is 0 Å². The average Bonchev–Trinajstić information content (AvgIpc) is 3.06. The Morgan fingerprint density at radius 3 is 2.11 bits per heavy atom. The number of sulfonamides is 1. The Bertz CT molecular complexity index is 1650. The maximum atomic E-state index is 14.5. The molecule has 2 amide bonds. The van der Waals surface area contributed by atoms with Crippen molar-refractivity contribution in [3.63, 3.8) is 0 Å². The molecule has 0 heterocycles. The molecule has 0 aliphatic carbocycles. The van der Waals surface area contributed by atoms with Crippen molar-refractivity contribution in [2.75, 3.05) is 24.5 Å². The number of para-hydroxylation sites is 2. The monoisotopic (exact) mass is 631 g/mol. The van der Waals surface area contributed by atoms with Gasteiger partial charge < -0.3 is 15.0 Å². The van der Waals surface area contributed by atoms with Gasteiger partial charge in [-0.3, -0.25) is 13.9 Å². The normalized spacial score (nSPS) is 11.8. The number of unbranched alkanes of at least 4 members (excludes halogenated alkanes) is 1. The van der Waals surface area contributed by atoms with Gasteiger partial charge in [0.05, 0.1) is 17.7 Å². The molecule has 4 aromatic rings. The third kappa shape index (κ3) is 8.69. The molecule has 4 aromatic carbocycles. The topological polar surface area (TPSA) is 96.0 Å². The molecule has 1 atom stereocenters. The summed E-state index contributed by atoms with van der Waals surface area (Å²) < 4.78 is 48.5. The van der Waals surface area contributed by atoms with E-state index in [1.165, 1.54) is 36.3 Å². The molecule has 4 rings (SSSR count). The lowest BCUT2D eigenvalue weighted by Crippen LogP contribution is -2.53. The second-order valence-corrected chi connectivity index (χ2v) is 12.4. The summed E-state index contributed by atoms with van der Waals surface area (Å²) in [5, 5.41) is 2.95. The number of ether oxygens (including phenoxy) is 1. The minimum atomic E-state index is -4.26. The van der Waals surface area contributed by atoms with Gasteiger partial charge in [0.2, 0.25) is 11.8 Å². The molecule has 45 heavy (non-hydrogen) atoms. The van der Waals surface area contributed by atoms with Crippen LogP contribution in [0.3, 0.4) is 0 Å². The van der Waals surface area contributed by atoms with Crippen LogP contribution in [0, 0.1) is 5.82 Å². The zero-order valence-corrected chi connectivity index (χ0v) is 26.3. The van der Waals surface area contributed by atoms with Crippen LogP contribution in [0.5, 0.6) is 5.75 Å². The van der Waals surface area contributed by atoms with Crippen molar-refractivity contribution in [3.05, 3.63) is 126 Å². The first-order chi connectivity index (χ1) is 21.7. The van der Waals surface area contributed by atoms with E-state index in [0.29, 0.717) is 12.1 Å². The number of anilines is 1. The molecule has 0 saturated heterocycles. The number of nitrogens with zero attached hydrogens (tertiary/aromatic N) is 2. The van der Waals surface area contributed by atoms with E-state index in [4.69, 9.17) is 4.74 Å². The minimum Gasteiger partial charge on any atom is -0.495 e. The maximum absolute atomic E-state index is 14.5. The van der Waals surface area contributed by atoms with Crippen molar-refractivity contribution in [1.29, 1.82) is 0 Å². The Kier molecular flexibility index (Phi) is 11.7. The Morgan fingerprint density at radius 2 is 1.47 bits per heavy atom. The van der Waals surface area contributed by atoms with E-state index in [1.54, 1.807) is 54.6 Å². The van der Waals surface area contributed by atoms with Gasteiger partial charge in [-0.25, -0.2) is 12.8 Å². The van der Waals surface area contributed by atoms with Gasteiger partial charge in [0.25, 0.3) is 10.0 Å². The second kappa shape index (κ2) is 15.9. The molecule has 0 aromatic heterocycles. The molecule has 0 spiro atoms. The van der Waals surface area contributed by atoms with Crippen LogP contribution >= 0.6 is 0 Å². The molecular formula is C35H38FN3O5S. The number of amides is 2. The fraction of sp³-hybridized carbons (Fsp3) is 0.257. The fourth-order valence-corrected chi connectivity index (χ4v) is 6.36. The molecule has 10 heteroatoms. The average molecular weight is 632 g/mol. The first-order valence-corrected chi connectivity index (χ1v) is 16.2. The molecule has 0 aliphatic heterocycles. The molecular weight excluding hydrogens is 593 g/mol. The van der Waals surface area contributed by atoms with E-state index in [2.05, 4.69) is 5.32 Å². The second-order valence-electron chi connectivity index (χ2n) is 10.5. The van der Waals surface area contributed by atoms with Crippen molar-refractivity contribution in [2.24, 2.45) is 0 Å². The zero-order valence-electron chi connectivity index (χ0n) is 25.4. The van der Waals surface area contributed by atoms with E-state index in [9.17, 15) is 22.4 Å². The highest BCUT2D eigenvalue weighted by Gasteiger charge is 2.35. The molecule has 8 nitrogen and oxygen atoms in total. The molecule has 0 bridgehead atoms. The van der Waals surface area contributed by atoms with Crippen LogP contribution < -0.4 is 14.4 Å². The summed E-state index contributed by atoms with van der Waals surface area (Å²) in [6, 6.07) is 28.3. The highest BCUT2D eigenvalue weighted by atomic mass is 32.2. The van der Waals surface area contributed by atoms with Crippen molar-refractivity contribution >= 4 is 27.5 Å². The van der Waals surface area contributed by atoms with Gasteiger partial charge in [0.1, 0.15) is 24.2 Å². The summed E-state index contributed by atoms with van der Waals surface area (Å²) in [7, 11) is -2.84. The molecule has 1 N–H and O–H groups in total. The number of carbonyl (C=O) groups is 2. The lowest BCUT2D eigenvalue weighted by Gasteiger charge is -2.34. The van der Waals surface area contributed by atoms with E-state index in [0.717, 1.165) is 22.7 Å². The highest BCUT2D eigenvalue weighted by molar-refractivity contribution is 7.92. The van der Waals surface area contributed by atoms with Gasteiger partial charge in [0, 0.05) is 19.5 Å². The SMILES string of the molecule is CCCCNC(=O)[C@H](Cc1ccccc1)N(Cc1ccc(F)cc1)C(=O)CN(c1ccccc1OC)S(=O)(=O)c1ccccc1. The predicted octanol–water partition coefficient (Wildman–Crippen LogP) is 5.59. The Hall–Kier alpha value is -4.70. The van der Waals surface area contributed by atoms with Crippen molar-refractivity contribution < 1.29 is 27.1 Å². The highest BCUT2D eigenvalue weighted by Crippen LogP contribution is 2.32. The van der Waals surface area contributed by atoms with Gasteiger partial charge >= 0.3 is 0 Å². The van der Waals surface area contributed by atoms with Crippen molar-refractivity contribution in [3.8, 4) is 5.75 Å². The number of carbonyl (C=O) groups excluding carboxylic acids is 2. The molecule has 0 fully saturated rings. The minimum absolute atomic E-state index is 0.00747. The van der Waals surface area contributed by atoms with Crippen molar-refractivity contribution in [1.82, 2.24) is 10.2 Å². The number of nitrogens with one attached hydrogen (secondary N) is 1. The van der Waals surface area contributed by atoms with Crippen LogP contribution in [0.15, 0.2) is 114 Å². The van der Waals surface area contributed by atoms with E-state index in [1.807, 2.05) is 37.3 Å². The Balaban J connectivity index is 1.80. The van der Waals surface area contributed by atoms with Gasteiger partial charge in [-0.05, 0) is 53.9 Å². The number of hydrogen-bond acceptors (Lipinski definition) is 5. The van der Waals surface area contributed by atoms with Gasteiger partial charge in [-0.1, -0.05) is 86.1 Å². The van der Waals surface area contributed by atoms with Crippen LogP contribution in [0.2, 0.25) is 0 Å². The summed E-state index contributed by atoms with van der Waals surface area (Å²) in [6.45, 7) is 1.77. The summed E-state index contributed by atoms with van der Waals surface area (Å²) in [6.07, 6.45) is 1.81. The summed E-state index contributed by atoms with van der Waals surface area (Å²) in [5.74, 6) is -1.16. The van der Waals surface area contributed by atoms with Crippen LogP contribution in [0.1, 0.15) is 30.9 Å². The number of methoxy groups -OCH3 is 1. The first kappa shape index (κ1) is 33.2. The number of hydrogen-bond donors (Lipinski definition) is 1. The van der Waals surface area contributed by atoms with Gasteiger partial charge in [-0.2, -0.15) is 0 Å². The number of rotatable bonds is 15. The van der Waals surface area contributed by atoms with Crippen LogP contribution in [0.4, 0.5) is 10.1 Å². The lowest BCUT2D eigenvalue weighted by atomic mass is 10.0. The molecule has 236 valence electrons. The number of benzene rings is 4. The zero-order chi connectivity index (χ0) is 32.2. The van der Waals surface area contributed by atoms with Crippen LogP contribution in [-0.4, -0.2) is 51.4 Å². The van der Waals surface area contributed by atoms with E-state index in [-0.39, 0.29) is 35.2 Å². The molecule has 0 unspecified atom stereocenters. The molecule has 0 radical (unpaired) electrons. The molecule has 0 saturated carbocycles. The Labute approximate surface area is 264 Å². The predicted molar refractivity (Wildman–Crippen MR) is 173 cm³/mol. The number of halogens is 1. The summed E-state index contributed by atoms with van der Waals surface area (Å²) >= 11 is 0. The summed E-state index contributed by atoms with van der Waals surface area (Å²) in [5.41, 5.74) is 1.58. The smallest absolute Gasteiger partial charge is 0.264 e. The third-order valence-electron chi connectivity index (χ3n) is 7.33. The van der Waals surface area contributed by atoms with Crippen LogP contribution in [-0.2, 0) is 32.6 Å². The quantitative estimate of drug-likeness (QED) is 0.173.